The van der Waals surface area contributed by atoms with E-state index in [0.29, 0.717) is 0 Å². The zero-order valence-corrected chi connectivity index (χ0v) is 8.99. The van der Waals surface area contributed by atoms with Crippen molar-refractivity contribution in [1.82, 2.24) is 0 Å². The fraction of sp³-hybridized carbons (Fsp3) is 0.100. The van der Waals surface area contributed by atoms with Gasteiger partial charge in [-0.2, -0.15) is 0 Å². The molecule has 0 atom stereocenters. The fourth-order valence-corrected chi connectivity index (χ4v) is 1.23. The second kappa shape index (κ2) is 5.52. The zero-order chi connectivity index (χ0) is 12.9. The predicted octanol–water partition coefficient (Wildman–Crippen LogP) is 2.49. The van der Waals surface area contributed by atoms with Gasteiger partial charge in [0.15, 0.2) is 0 Å². The Kier molecular flexibility index (Phi) is 4.31. The highest BCUT2D eigenvalue weighted by molar-refractivity contribution is 6.50. The molecule has 2 nitrogen and oxygen atoms in total. The first-order valence-electron chi connectivity index (χ1n) is 4.72. The third kappa shape index (κ3) is 5.19. The molecule has 0 aliphatic heterocycles. The minimum Gasteiger partial charge on any atom is -0.418 e. The lowest BCUT2D eigenvalue weighted by atomic mass is 10.2. The second-order valence-electron chi connectivity index (χ2n) is 3.11. The largest absolute Gasteiger partial charge is 0.673 e. The molecule has 2 aromatic rings. The number of hydrogen-bond acceptors (Lipinski definition) is 1. The van der Waals surface area contributed by atoms with Crippen molar-refractivity contribution in [2.24, 2.45) is 0 Å². The normalized spacial score (nSPS) is 10.6. The Morgan fingerprint density at radius 3 is 2.06 bits per heavy atom. The molecule has 0 aliphatic carbocycles. The van der Waals surface area contributed by atoms with Crippen molar-refractivity contribution in [3.05, 3.63) is 42.7 Å². The minimum atomic E-state index is -6.00. The second-order valence-corrected chi connectivity index (χ2v) is 3.11. The van der Waals surface area contributed by atoms with Crippen LogP contribution in [0.2, 0.25) is 0 Å². The summed E-state index contributed by atoms with van der Waals surface area (Å²) >= 11 is 0. The molecule has 0 radical (unpaired) electrons. The van der Waals surface area contributed by atoms with Crippen LogP contribution in [-0.4, -0.2) is 14.4 Å². The average Bonchev–Trinajstić information content (AvgIpc) is 2.26. The lowest BCUT2D eigenvalue weighted by Gasteiger charge is -1.94. The van der Waals surface area contributed by atoms with Crippen molar-refractivity contribution >= 4 is 18.0 Å². The third-order valence-corrected chi connectivity index (χ3v) is 1.87. The van der Waals surface area contributed by atoms with Crippen molar-refractivity contribution in [3.8, 4) is 0 Å². The van der Waals surface area contributed by atoms with Gasteiger partial charge in [-0.25, -0.2) is 0 Å². The maximum absolute atomic E-state index is 9.75. The van der Waals surface area contributed by atoms with Gasteiger partial charge in [0.2, 0.25) is 12.4 Å². The molecule has 0 fully saturated rings. The van der Waals surface area contributed by atoms with Crippen molar-refractivity contribution in [2.45, 2.75) is 0 Å². The summed E-state index contributed by atoms with van der Waals surface area (Å²) in [6.45, 7) is 0. The molecule has 1 heterocycles. The van der Waals surface area contributed by atoms with Crippen LogP contribution in [0.15, 0.2) is 42.7 Å². The Balaban J connectivity index is 0.000000249. The van der Waals surface area contributed by atoms with Crippen LogP contribution in [0, 0.1) is 0 Å². The summed E-state index contributed by atoms with van der Waals surface area (Å²) in [5.41, 5.74) is 0. The van der Waals surface area contributed by atoms with Gasteiger partial charge in [0.25, 0.3) is 0 Å². The van der Waals surface area contributed by atoms with Crippen LogP contribution in [0.1, 0.15) is 0 Å². The summed E-state index contributed by atoms with van der Waals surface area (Å²) in [5, 5.41) is 2.41. The molecule has 0 amide bonds. The highest BCUT2D eigenvalue weighted by atomic mass is 19.5. The quantitative estimate of drug-likeness (QED) is 0.428. The monoisotopic (exact) mass is 247 g/mol. The van der Waals surface area contributed by atoms with Gasteiger partial charge in [0.1, 0.15) is 7.11 Å². The molecule has 1 aromatic carbocycles. The first-order chi connectivity index (χ1) is 7.90. The maximum Gasteiger partial charge on any atom is 0.673 e. The molecule has 92 valence electrons. The van der Waals surface area contributed by atoms with Crippen molar-refractivity contribution in [2.75, 3.05) is 7.11 Å². The van der Waals surface area contributed by atoms with Gasteiger partial charge >= 0.3 is 7.25 Å². The van der Waals surface area contributed by atoms with E-state index in [9.17, 15) is 17.3 Å². The number of nitrogens with zero attached hydrogens (tertiary/aromatic N) is 1. The molecule has 2 rings (SSSR count). The van der Waals surface area contributed by atoms with Crippen LogP contribution in [0.25, 0.3) is 10.8 Å². The minimum absolute atomic E-state index is 1.18. The van der Waals surface area contributed by atoms with E-state index in [1.165, 1.54) is 10.8 Å². The summed E-state index contributed by atoms with van der Waals surface area (Å²) in [4.78, 5) is 5.04. The van der Waals surface area contributed by atoms with Crippen molar-refractivity contribution in [3.63, 3.8) is 0 Å². The summed E-state index contributed by atoms with van der Waals surface area (Å²) in [5.74, 6) is 0. The van der Waals surface area contributed by atoms with Gasteiger partial charge in [0, 0.05) is 10.8 Å². The van der Waals surface area contributed by atoms with Gasteiger partial charge in [0.05, 0.1) is 5.39 Å². The highest BCUT2D eigenvalue weighted by Crippen LogP contribution is 2.08. The number of hydrogen-bond donors (Lipinski definition) is 0. The van der Waals surface area contributed by atoms with Gasteiger partial charge in [-0.1, -0.05) is 18.2 Å². The van der Waals surface area contributed by atoms with Crippen LogP contribution in [0.4, 0.5) is 17.3 Å². The van der Waals surface area contributed by atoms with E-state index in [2.05, 4.69) is 12.1 Å². The van der Waals surface area contributed by atoms with Crippen LogP contribution in [-0.2, 0) is 0 Å². The summed E-state index contributed by atoms with van der Waals surface area (Å²) < 4.78 is 40.7. The first kappa shape index (κ1) is 13.3. The van der Waals surface area contributed by atoms with Gasteiger partial charge in [-0.05, 0) is 11.5 Å². The van der Waals surface area contributed by atoms with Crippen molar-refractivity contribution in [1.29, 1.82) is 0 Å². The topological polar surface area (TPSA) is 13.1 Å². The molecule has 0 aliphatic rings. The Bertz CT molecular complexity index is 483. The van der Waals surface area contributed by atoms with Gasteiger partial charge in [-0.15, -0.1) is 0 Å². The van der Waals surface area contributed by atoms with Gasteiger partial charge in [-0.3, -0.25) is 4.84 Å². The van der Waals surface area contributed by atoms with E-state index >= 15 is 0 Å². The Morgan fingerprint density at radius 2 is 1.53 bits per heavy atom. The van der Waals surface area contributed by atoms with E-state index in [4.69, 9.17) is 4.84 Å². The molecule has 17 heavy (non-hydrogen) atoms. The molecule has 0 N–H and O–H groups in total. The number of fused-ring (bicyclic) bond motifs is 1. The number of pyridine rings is 1. The molecule has 0 unspecified atom stereocenters. The SMILES string of the molecule is CO[n+]1ccc2ccccc2c1.F[B-](F)(F)F. The third-order valence-electron chi connectivity index (χ3n) is 1.87. The molecule has 7 heteroatoms. The smallest absolute Gasteiger partial charge is 0.418 e. The van der Waals surface area contributed by atoms with Gasteiger partial charge < -0.3 is 17.3 Å². The molecular weight excluding hydrogens is 237 g/mol. The first-order valence-corrected chi connectivity index (χ1v) is 4.72. The number of aromatic nitrogens is 1. The molecule has 0 saturated heterocycles. The lowest BCUT2D eigenvalue weighted by Crippen LogP contribution is -2.39. The maximum atomic E-state index is 9.75. The highest BCUT2D eigenvalue weighted by Gasteiger charge is 2.20. The summed E-state index contributed by atoms with van der Waals surface area (Å²) in [6, 6.07) is 10.2. The summed E-state index contributed by atoms with van der Waals surface area (Å²) in [6.07, 6.45) is 3.84. The molecular formula is C10H10BF4NO. The Morgan fingerprint density at radius 1 is 1.00 bits per heavy atom. The number of benzene rings is 1. The molecule has 0 saturated carbocycles. The average molecular weight is 247 g/mol. The number of rotatable bonds is 1. The zero-order valence-electron chi connectivity index (χ0n) is 8.99. The van der Waals surface area contributed by atoms with Crippen LogP contribution in [0.3, 0.4) is 0 Å². The van der Waals surface area contributed by atoms with E-state index in [-0.39, 0.29) is 0 Å². The molecule has 0 bridgehead atoms. The van der Waals surface area contributed by atoms with Crippen LogP contribution < -0.4 is 9.57 Å². The Hall–Kier alpha value is -1.79. The van der Waals surface area contributed by atoms with E-state index in [0.717, 1.165) is 0 Å². The van der Waals surface area contributed by atoms with E-state index in [1.807, 2.05) is 30.6 Å². The Labute approximate surface area is 95.5 Å². The molecule has 1 aromatic heterocycles. The predicted molar refractivity (Wildman–Crippen MR) is 56.8 cm³/mol. The van der Waals surface area contributed by atoms with Crippen molar-refractivity contribution < 1.29 is 26.8 Å². The number of halogens is 4. The lowest BCUT2D eigenvalue weighted by molar-refractivity contribution is -0.884. The van der Waals surface area contributed by atoms with Crippen LogP contribution in [0.5, 0.6) is 0 Å². The van der Waals surface area contributed by atoms with Crippen LogP contribution >= 0.6 is 0 Å². The molecule has 0 spiro atoms. The van der Waals surface area contributed by atoms with E-state index in [1.54, 1.807) is 11.8 Å². The standard InChI is InChI=1S/C10H10NO.BF4/c1-12-11-7-6-9-4-2-3-5-10(9)8-11;2-1(3,4)5/h2-8H,1H3;/q+1;-1. The summed E-state index contributed by atoms with van der Waals surface area (Å²) in [7, 11) is -4.35. The van der Waals surface area contributed by atoms with E-state index < -0.39 is 7.25 Å². The fourth-order valence-electron chi connectivity index (χ4n) is 1.23.